The van der Waals surface area contributed by atoms with E-state index in [1.54, 1.807) is 53.0 Å². The number of rotatable bonds is 8. The van der Waals surface area contributed by atoms with E-state index in [-0.39, 0.29) is 37.3 Å². The zero-order chi connectivity index (χ0) is 31.4. The van der Waals surface area contributed by atoms with Crippen molar-refractivity contribution < 1.29 is 27.2 Å². The molecule has 0 bridgehead atoms. The third kappa shape index (κ3) is 5.87. The second-order valence-electron chi connectivity index (χ2n) is 12.3. The van der Waals surface area contributed by atoms with Crippen LogP contribution in [-0.4, -0.2) is 72.1 Å². The summed E-state index contributed by atoms with van der Waals surface area (Å²) in [6.07, 6.45) is 5.38. The minimum Gasteiger partial charge on any atom is -0.395 e. The van der Waals surface area contributed by atoms with Crippen molar-refractivity contribution in [1.82, 2.24) is 15.0 Å². The molecule has 3 heterocycles. The molecule has 1 aromatic heterocycles. The summed E-state index contributed by atoms with van der Waals surface area (Å²) >= 11 is 0. The van der Waals surface area contributed by atoms with E-state index in [0.717, 1.165) is 31.6 Å². The molecule has 2 aromatic carbocycles. The molecule has 6 rings (SSSR count). The lowest BCUT2D eigenvalue weighted by Crippen LogP contribution is -2.39. The molecule has 2 aliphatic heterocycles. The van der Waals surface area contributed by atoms with Gasteiger partial charge in [0.1, 0.15) is 16.6 Å². The van der Waals surface area contributed by atoms with Gasteiger partial charge in [0.15, 0.2) is 0 Å². The van der Waals surface area contributed by atoms with Crippen molar-refractivity contribution in [2.75, 3.05) is 42.6 Å². The van der Waals surface area contributed by atoms with Gasteiger partial charge in [-0.15, -0.1) is 5.10 Å². The number of nitrogens with zero attached hydrogens (tertiary/aromatic N) is 6. The minimum atomic E-state index is -4.06. The van der Waals surface area contributed by atoms with E-state index >= 15 is 0 Å². The van der Waals surface area contributed by atoms with Crippen molar-refractivity contribution in [3.05, 3.63) is 57.8 Å². The van der Waals surface area contributed by atoms with Crippen molar-refractivity contribution in [2.45, 2.75) is 56.6 Å². The van der Waals surface area contributed by atoms with Gasteiger partial charge in [-0.2, -0.15) is 0 Å². The van der Waals surface area contributed by atoms with Crippen LogP contribution in [0.1, 0.15) is 54.9 Å². The normalized spacial score (nSPS) is 20.1. The fourth-order valence-electron chi connectivity index (χ4n) is 6.46. The largest absolute Gasteiger partial charge is 0.395 e. The molecule has 0 amide bonds. The summed E-state index contributed by atoms with van der Waals surface area (Å²) in [6.45, 7) is 2.48. The minimum absolute atomic E-state index is 0.0103. The third-order valence-corrected chi connectivity index (χ3v) is 10.6. The number of primary sulfonamides is 1. The number of nitro groups is 1. The number of nitro benzene ring substituents is 1. The molecule has 0 radical (unpaired) electrons. The first-order valence-corrected chi connectivity index (χ1v) is 16.3. The first kappa shape index (κ1) is 30.3. The van der Waals surface area contributed by atoms with Crippen LogP contribution in [0, 0.1) is 22.5 Å². The van der Waals surface area contributed by atoms with E-state index in [0.29, 0.717) is 33.5 Å². The Labute approximate surface area is 253 Å². The van der Waals surface area contributed by atoms with E-state index in [4.69, 9.17) is 5.14 Å². The van der Waals surface area contributed by atoms with Crippen LogP contribution in [0.2, 0.25) is 0 Å². The summed E-state index contributed by atoms with van der Waals surface area (Å²) in [5, 5.41) is 34.7. The number of hydrogen-bond donors (Lipinski definition) is 2. The first-order chi connectivity index (χ1) is 20.8. The molecular weight excluding hydrogens is 596 g/mol. The van der Waals surface area contributed by atoms with E-state index in [9.17, 15) is 32.4 Å². The Morgan fingerprint density at radius 1 is 1.00 bits per heavy atom. The molecule has 12 nitrogen and oxygen atoms in total. The van der Waals surface area contributed by atoms with Gasteiger partial charge < -0.3 is 14.9 Å². The number of aromatic nitrogens is 3. The van der Waals surface area contributed by atoms with Crippen LogP contribution in [0.15, 0.2) is 36.5 Å². The van der Waals surface area contributed by atoms with Crippen molar-refractivity contribution in [2.24, 2.45) is 10.6 Å². The van der Waals surface area contributed by atoms with Gasteiger partial charge in [-0.25, -0.2) is 27.0 Å². The van der Waals surface area contributed by atoms with Gasteiger partial charge >= 0.3 is 0 Å². The Bertz CT molecular complexity index is 1690. The van der Waals surface area contributed by atoms with Crippen LogP contribution in [0.4, 0.5) is 25.8 Å². The first-order valence-electron chi connectivity index (χ1n) is 14.7. The molecular formula is C29H35F2N7O5S. The number of alkyl halides is 2. The quantitative estimate of drug-likeness (QED) is 0.276. The van der Waals surface area contributed by atoms with Crippen molar-refractivity contribution in [3.63, 3.8) is 0 Å². The topological polar surface area (TPSA) is 161 Å². The predicted molar refractivity (Wildman–Crippen MR) is 161 cm³/mol. The molecule has 44 heavy (non-hydrogen) atoms. The van der Waals surface area contributed by atoms with E-state index in [2.05, 4.69) is 15.2 Å². The summed E-state index contributed by atoms with van der Waals surface area (Å²) in [5.41, 5.74) is 3.62. The zero-order valence-corrected chi connectivity index (χ0v) is 25.1. The van der Waals surface area contributed by atoms with Crippen LogP contribution >= 0.6 is 0 Å². The zero-order valence-electron chi connectivity index (χ0n) is 24.3. The Morgan fingerprint density at radius 2 is 1.64 bits per heavy atom. The second-order valence-corrected chi connectivity index (χ2v) is 14.1. The maximum absolute atomic E-state index is 13.9. The molecule has 15 heteroatoms. The Kier molecular flexibility index (Phi) is 7.61. The third-order valence-electron chi connectivity index (χ3n) is 9.39. The fraction of sp³-hybridized carbons (Fsp3) is 0.517. The SMILES string of the molecule is Cc1cc(-c2cn(-c3ccc(C(CO)S(N)(=O)=O)cc3N3CCC4(CC3)CC4)nn2)cc(N2CCC(F)(F)CC2)c1[N+](=O)[O-]. The standard InChI is InChI=1S/C29H35F2N7O5S/c1-19-14-21(16-25(27(19)38(40)41)36-12-8-29(30,31)9-13-36)22-17-37(34-33-22)23-3-2-20(26(18-39)44(32,42)43)15-24(23)35-10-6-28(4-5-28)7-11-35/h2-3,14-17,26,39H,4-13,18H2,1H3,(H2,32,42,43). The number of aryl methyl sites for hydroxylation is 1. The average molecular weight is 632 g/mol. The lowest BCUT2D eigenvalue weighted by molar-refractivity contribution is -0.384. The molecule has 1 unspecified atom stereocenters. The lowest BCUT2D eigenvalue weighted by atomic mass is 9.93. The van der Waals surface area contributed by atoms with Crippen molar-refractivity contribution in [3.8, 4) is 16.9 Å². The molecule has 2 saturated heterocycles. The molecule has 3 aromatic rings. The van der Waals surface area contributed by atoms with Gasteiger partial charge in [0, 0.05) is 50.1 Å². The van der Waals surface area contributed by atoms with Gasteiger partial charge in [0.05, 0.1) is 29.1 Å². The number of nitrogens with two attached hydrogens (primary N) is 1. The van der Waals surface area contributed by atoms with Gasteiger partial charge in [-0.05, 0) is 67.9 Å². The molecule has 1 saturated carbocycles. The molecule has 3 aliphatic rings. The number of halogens is 2. The Hall–Kier alpha value is -3.69. The van der Waals surface area contributed by atoms with Crippen LogP contribution in [-0.2, 0) is 10.0 Å². The summed E-state index contributed by atoms with van der Waals surface area (Å²) < 4.78 is 53.7. The maximum atomic E-state index is 13.9. The van der Waals surface area contributed by atoms with Gasteiger partial charge in [0.2, 0.25) is 10.0 Å². The summed E-state index contributed by atoms with van der Waals surface area (Å²) in [7, 11) is -4.06. The smallest absolute Gasteiger partial charge is 0.295 e. The molecule has 3 N–H and O–H groups in total. The van der Waals surface area contributed by atoms with Crippen molar-refractivity contribution >= 4 is 27.1 Å². The summed E-state index contributed by atoms with van der Waals surface area (Å²) in [6, 6.07) is 8.28. The van der Waals surface area contributed by atoms with Crippen LogP contribution in [0.3, 0.4) is 0 Å². The van der Waals surface area contributed by atoms with E-state index < -0.39 is 32.7 Å². The average Bonchev–Trinajstić information content (AvgIpc) is 3.52. The molecule has 1 atom stereocenters. The van der Waals surface area contributed by atoms with Crippen LogP contribution < -0.4 is 14.9 Å². The van der Waals surface area contributed by atoms with Gasteiger partial charge in [0.25, 0.3) is 11.6 Å². The number of sulfonamides is 1. The highest BCUT2D eigenvalue weighted by Crippen LogP contribution is 2.54. The highest BCUT2D eigenvalue weighted by molar-refractivity contribution is 7.89. The number of piperidine rings is 2. The lowest BCUT2D eigenvalue weighted by Gasteiger charge is -2.35. The van der Waals surface area contributed by atoms with Gasteiger partial charge in [-0.3, -0.25) is 10.1 Å². The number of benzene rings is 2. The van der Waals surface area contributed by atoms with E-state index in [1.807, 2.05) is 0 Å². The molecule has 236 valence electrons. The second kappa shape index (κ2) is 11.0. The highest BCUT2D eigenvalue weighted by Gasteiger charge is 2.45. The number of hydrogen-bond acceptors (Lipinski definition) is 9. The summed E-state index contributed by atoms with van der Waals surface area (Å²) in [4.78, 5) is 15.3. The highest BCUT2D eigenvalue weighted by atomic mass is 32.2. The fourth-order valence-corrected chi connectivity index (χ4v) is 7.20. The molecule has 3 fully saturated rings. The number of anilines is 2. The van der Waals surface area contributed by atoms with Gasteiger partial charge in [-0.1, -0.05) is 11.3 Å². The van der Waals surface area contributed by atoms with Crippen LogP contribution in [0.5, 0.6) is 0 Å². The summed E-state index contributed by atoms with van der Waals surface area (Å²) in [5.74, 6) is -2.80. The Balaban J connectivity index is 1.38. The number of aliphatic hydroxyl groups is 1. The number of aliphatic hydroxyl groups excluding tert-OH is 1. The monoisotopic (exact) mass is 631 g/mol. The van der Waals surface area contributed by atoms with E-state index in [1.165, 1.54) is 12.8 Å². The maximum Gasteiger partial charge on any atom is 0.295 e. The molecule has 1 aliphatic carbocycles. The predicted octanol–water partition coefficient (Wildman–Crippen LogP) is 4.09. The molecule has 1 spiro atoms. The van der Waals surface area contributed by atoms with Crippen LogP contribution in [0.25, 0.3) is 16.9 Å². The Morgan fingerprint density at radius 3 is 2.23 bits per heavy atom. The van der Waals surface area contributed by atoms with Crippen molar-refractivity contribution in [1.29, 1.82) is 0 Å².